The van der Waals surface area contributed by atoms with Crippen LogP contribution < -0.4 is 9.46 Å². The van der Waals surface area contributed by atoms with Crippen LogP contribution in [0.5, 0.6) is 5.75 Å². The van der Waals surface area contributed by atoms with Gasteiger partial charge in [0, 0.05) is 42.0 Å². The van der Waals surface area contributed by atoms with Gasteiger partial charge in [0.25, 0.3) is 0 Å². The molecule has 4 heterocycles. The van der Waals surface area contributed by atoms with E-state index in [2.05, 4.69) is 34.8 Å². The number of imidazole rings is 1. The normalized spacial score (nSPS) is 12.0. The molecule has 0 aliphatic heterocycles. The second kappa shape index (κ2) is 11.5. The number of pyridine rings is 2. The van der Waals surface area contributed by atoms with Gasteiger partial charge < -0.3 is 14.6 Å². The van der Waals surface area contributed by atoms with Gasteiger partial charge in [0.15, 0.2) is 11.5 Å². The fourth-order valence-electron chi connectivity index (χ4n) is 4.76. The minimum atomic E-state index is -3.44. The average molecular weight is 601 g/mol. The molecule has 0 fully saturated rings. The number of likely N-dealkylation sites (N-methyl/N-ethyl adjacent to an activating group) is 1. The third kappa shape index (κ3) is 6.38. The number of ether oxygens (including phenoxy) is 1. The molecule has 0 aliphatic rings. The molecule has 0 bridgehead atoms. The molecule has 4 aromatic heterocycles. The third-order valence-electron chi connectivity index (χ3n) is 6.84. The highest BCUT2D eigenvalue weighted by Gasteiger charge is 2.17. The molecule has 6 aromatic rings. The lowest BCUT2D eigenvalue weighted by Gasteiger charge is -2.11. The summed E-state index contributed by atoms with van der Waals surface area (Å²) in [6.45, 7) is 1.32. The van der Waals surface area contributed by atoms with Crippen LogP contribution in [-0.4, -0.2) is 77.0 Å². The molecule has 0 saturated carbocycles. The number of aromatic amines is 2. The van der Waals surface area contributed by atoms with E-state index in [4.69, 9.17) is 9.72 Å². The minimum absolute atomic E-state index is 0.0335. The molecule has 0 aliphatic carbocycles. The largest absolute Gasteiger partial charge is 0.491 e. The van der Waals surface area contributed by atoms with Crippen molar-refractivity contribution in [3.8, 4) is 39.5 Å². The van der Waals surface area contributed by atoms with E-state index in [1.807, 2.05) is 38.4 Å². The van der Waals surface area contributed by atoms with Crippen LogP contribution in [-0.2, 0) is 16.6 Å². The van der Waals surface area contributed by atoms with E-state index >= 15 is 0 Å². The van der Waals surface area contributed by atoms with E-state index in [0.717, 1.165) is 34.8 Å². The molecule has 13 heteroatoms. The van der Waals surface area contributed by atoms with Crippen molar-refractivity contribution in [3.63, 3.8) is 0 Å². The molecule has 0 amide bonds. The number of hydrogen-bond acceptors (Lipinski definition) is 8. The zero-order valence-corrected chi connectivity index (χ0v) is 24.5. The summed E-state index contributed by atoms with van der Waals surface area (Å²) in [7, 11) is 0.552. The Bertz CT molecular complexity index is 2060. The number of sulfonamides is 1. The molecule has 0 unspecified atom stereocenters. The molecule has 43 heavy (non-hydrogen) atoms. The van der Waals surface area contributed by atoms with E-state index < -0.39 is 15.8 Å². The number of fused-ring (bicyclic) bond motifs is 2. The summed E-state index contributed by atoms with van der Waals surface area (Å²) < 4.78 is 46.0. The fraction of sp³-hybridized carbons (Fsp3) is 0.200. The number of rotatable bonds is 10. The number of hydrogen-bond donors (Lipinski definition) is 3. The molecule has 0 radical (unpaired) electrons. The molecule has 11 nitrogen and oxygen atoms in total. The number of H-pyrrole nitrogens is 2. The first-order valence-corrected chi connectivity index (χ1v) is 15.3. The Hall–Kier alpha value is -4.72. The summed E-state index contributed by atoms with van der Waals surface area (Å²) in [5.41, 5.74) is 6.01. The van der Waals surface area contributed by atoms with E-state index in [1.165, 1.54) is 12.1 Å². The SMILES string of the molecule is CN(C)CCOc1cncc(-c2ccc3[nH]nc(-c4nc5nccc(-c6cc(F)cc(CNS(C)(=O)=O)c6)c5[nH]4)c3c2)c1. The van der Waals surface area contributed by atoms with Gasteiger partial charge in [0.2, 0.25) is 10.0 Å². The lowest BCUT2D eigenvalue weighted by molar-refractivity contribution is 0.261. The first-order chi connectivity index (χ1) is 20.6. The van der Waals surface area contributed by atoms with E-state index in [0.29, 0.717) is 51.7 Å². The van der Waals surface area contributed by atoms with Gasteiger partial charge in [-0.15, -0.1) is 0 Å². The monoisotopic (exact) mass is 600 g/mol. The fourth-order valence-corrected chi connectivity index (χ4v) is 5.19. The maximum Gasteiger partial charge on any atom is 0.209 e. The summed E-state index contributed by atoms with van der Waals surface area (Å²) in [5.74, 6) is 0.697. The third-order valence-corrected chi connectivity index (χ3v) is 7.51. The lowest BCUT2D eigenvalue weighted by atomic mass is 10.0. The van der Waals surface area contributed by atoms with Crippen molar-refractivity contribution >= 4 is 32.1 Å². The highest BCUT2D eigenvalue weighted by atomic mass is 32.2. The van der Waals surface area contributed by atoms with Crippen molar-refractivity contribution < 1.29 is 17.5 Å². The zero-order chi connectivity index (χ0) is 30.1. The van der Waals surface area contributed by atoms with E-state index in [1.54, 1.807) is 30.7 Å². The first kappa shape index (κ1) is 28.4. The Morgan fingerprint density at radius 3 is 2.70 bits per heavy atom. The Labute approximate surface area is 247 Å². The van der Waals surface area contributed by atoms with Crippen molar-refractivity contribution in [3.05, 3.63) is 78.5 Å². The van der Waals surface area contributed by atoms with Gasteiger partial charge in [-0.3, -0.25) is 10.1 Å². The summed E-state index contributed by atoms with van der Waals surface area (Å²) in [4.78, 5) is 18.8. The summed E-state index contributed by atoms with van der Waals surface area (Å²) in [6.07, 6.45) is 6.14. The van der Waals surface area contributed by atoms with Gasteiger partial charge in [-0.05, 0) is 73.3 Å². The number of nitrogens with one attached hydrogen (secondary N) is 3. The zero-order valence-electron chi connectivity index (χ0n) is 23.7. The van der Waals surface area contributed by atoms with Gasteiger partial charge in [0.1, 0.15) is 23.9 Å². The molecular formula is C30H29FN8O3S. The van der Waals surface area contributed by atoms with Crippen LogP contribution in [0.3, 0.4) is 0 Å². The van der Waals surface area contributed by atoms with Crippen molar-refractivity contribution in [2.24, 2.45) is 0 Å². The quantitative estimate of drug-likeness (QED) is 0.211. The Kier molecular flexibility index (Phi) is 7.61. The van der Waals surface area contributed by atoms with Crippen LogP contribution in [0, 0.1) is 5.82 Å². The first-order valence-electron chi connectivity index (χ1n) is 13.4. The Balaban J connectivity index is 1.35. The molecule has 0 atom stereocenters. The Morgan fingerprint density at radius 1 is 1.02 bits per heavy atom. The summed E-state index contributed by atoms with van der Waals surface area (Å²) in [5, 5.41) is 8.44. The van der Waals surface area contributed by atoms with Crippen LogP contribution in [0.1, 0.15) is 5.56 Å². The minimum Gasteiger partial charge on any atom is -0.491 e. The number of benzene rings is 2. The number of nitrogens with zero attached hydrogens (tertiary/aromatic N) is 5. The van der Waals surface area contributed by atoms with Gasteiger partial charge in [-0.2, -0.15) is 5.10 Å². The highest BCUT2D eigenvalue weighted by molar-refractivity contribution is 7.88. The van der Waals surface area contributed by atoms with Crippen LogP contribution >= 0.6 is 0 Å². The molecule has 3 N–H and O–H groups in total. The van der Waals surface area contributed by atoms with Crippen molar-refractivity contribution in [2.75, 3.05) is 33.5 Å². The second-order valence-electron chi connectivity index (χ2n) is 10.5. The number of aromatic nitrogens is 6. The Morgan fingerprint density at radius 2 is 1.88 bits per heavy atom. The highest BCUT2D eigenvalue weighted by Crippen LogP contribution is 2.33. The standard InChI is InChI=1S/C30H29FN8O3S/c1-39(2)8-9-42-23-13-21(16-32-17-23)19-4-5-26-25(14-19)28(38-37-26)30-35-27-24(6-7-33-29(27)36-30)20-10-18(11-22(31)12-20)15-34-43(3,40)41/h4-7,10-14,16-17,34H,8-9,15H2,1-3H3,(H,37,38)(H,33,35,36). The van der Waals surface area contributed by atoms with Crippen LogP contribution in [0.4, 0.5) is 4.39 Å². The molecular weight excluding hydrogens is 571 g/mol. The topological polar surface area (TPSA) is 142 Å². The predicted molar refractivity (Wildman–Crippen MR) is 163 cm³/mol. The molecule has 0 spiro atoms. The van der Waals surface area contributed by atoms with Gasteiger partial charge in [-0.1, -0.05) is 6.07 Å². The molecule has 220 valence electrons. The maximum atomic E-state index is 14.6. The van der Waals surface area contributed by atoms with Gasteiger partial charge in [0.05, 0.1) is 23.5 Å². The van der Waals surface area contributed by atoms with Crippen molar-refractivity contribution in [1.82, 2.24) is 39.8 Å². The van der Waals surface area contributed by atoms with Crippen LogP contribution in [0.2, 0.25) is 0 Å². The molecule has 6 rings (SSSR count). The van der Waals surface area contributed by atoms with Gasteiger partial charge >= 0.3 is 0 Å². The molecule has 0 saturated heterocycles. The van der Waals surface area contributed by atoms with Crippen molar-refractivity contribution in [1.29, 1.82) is 0 Å². The second-order valence-corrected chi connectivity index (χ2v) is 12.3. The van der Waals surface area contributed by atoms with Crippen LogP contribution in [0.15, 0.2) is 67.1 Å². The van der Waals surface area contributed by atoms with E-state index in [-0.39, 0.29) is 6.54 Å². The maximum absolute atomic E-state index is 14.6. The average Bonchev–Trinajstić information content (AvgIpc) is 3.59. The smallest absolute Gasteiger partial charge is 0.209 e. The van der Waals surface area contributed by atoms with Crippen molar-refractivity contribution in [2.45, 2.75) is 6.54 Å². The molecule has 2 aromatic carbocycles. The number of halogens is 1. The van der Waals surface area contributed by atoms with Gasteiger partial charge in [-0.25, -0.2) is 27.5 Å². The summed E-state index contributed by atoms with van der Waals surface area (Å²) >= 11 is 0. The van der Waals surface area contributed by atoms with Crippen LogP contribution in [0.25, 0.3) is 55.8 Å². The van der Waals surface area contributed by atoms with E-state index in [9.17, 15) is 12.8 Å². The lowest BCUT2D eigenvalue weighted by Crippen LogP contribution is -2.21. The predicted octanol–water partition coefficient (Wildman–Crippen LogP) is 4.36. The summed E-state index contributed by atoms with van der Waals surface area (Å²) in [6, 6.07) is 14.1.